The van der Waals surface area contributed by atoms with Crippen LogP contribution in [0.15, 0.2) is 23.7 Å². The Kier molecular flexibility index (Phi) is 3.14. The van der Waals surface area contributed by atoms with Crippen molar-refractivity contribution in [3.8, 4) is 0 Å². The molecule has 0 saturated carbocycles. The lowest BCUT2D eigenvalue weighted by molar-refractivity contribution is 0.185. The molecule has 2 heterocycles. The van der Waals surface area contributed by atoms with Crippen LogP contribution in [0, 0.1) is 0 Å². The molecule has 13 heavy (non-hydrogen) atoms. The van der Waals surface area contributed by atoms with E-state index in [0.29, 0.717) is 13.2 Å². The van der Waals surface area contributed by atoms with Gasteiger partial charge in [0, 0.05) is 5.75 Å². The topological polar surface area (TPSA) is 18.5 Å². The third-order valence-electron chi connectivity index (χ3n) is 2.18. The minimum absolute atomic E-state index is 0.0913. The second-order valence-electron chi connectivity index (χ2n) is 3.31. The molecule has 2 aliphatic rings. The minimum Gasteiger partial charge on any atom is -0.404 e. The summed E-state index contributed by atoms with van der Waals surface area (Å²) in [4.78, 5) is 0. The average molecular weight is 196 g/mol. The summed E-state index contributed by atoms with van der Waals surface area (Å²) in [6.45, 7) is 5.12. The summed E-state index contributed by atoms with van der Waals surface area (Å²) >= 11 is 1.96. The van der Waals surface area contributed by atoms with Crippen LogP contribution >= 0.6 is 11.8 Å². The summed E-state index contributed by atoms with van der Waals surface area (Å²) in [5.74, 6) is 2.29. The quantitative estimate of drug-likeness (QED) is 0.469. The minimum atomic E-state index is -0.0913. The number of hydrogen-bond donors (Lipinski definition) is 0. The molecule has 0 radical (unpaired) electrons. The van der Waals surface area contributed by atoms with Crippen molar-refractivity contribution in [1.29, 1.82) is 0 Å². The molecule has 0 unspecified atom stereocenters. The molecule has 1 fully saturated rings. The van der Waals surface area contributed by atoms with Crippen LogP contribution in [0.25, 0.3) is 0 Å². The van der Waals surface area contributed by atoms with E-state index in [9.17, 15) is 0 Å². The fourth-order valence-electron chi connectivity index (χ4n) is 1.45. The van der Waals surface area contributed by atoms with E-state index < -0.39 is 0 Å². The van der Waals surface area contributed by atoms with Crippen molar-refractivity contribution < 1.29 is 9.31 Å². The highest BCUT2D eigenvalue weighted by molar-refractivity contribution is 7.99. The van der Waals surface area contributed by atoms with Crippen molar-refractivity contribution in [1.82, 2.24) is 0 Å². The molecule has 0 bridgehead atoms. The van der Waals surface area contributed by atoms with Crippen LogP contribution in [0.1, 0.15) is 6.42 Å². The van der Waals surface area contributed by atoms with Crippen LogP contribution < -0.4 is 0 Å². The molecule has 2 aliphatic heterocycles. The zero-order valence-electron chi connectivity index (χ0n) is 7.62. The van der Waals surface area contributed by atoms with Gasteiger partial charge in [0.05, 0.1) is 13.2 Å². The standard InChI is InChI=1S/C9H13BO2S/c1-8-6-11-10(12-7-8)9-2-4-13-5-3-9/h2H,1,3-7H2. The predicted molar refractivity (Wildman–Crippen MR) is 56.8 cm³/mol. The van der Waals surface area contributed by atoms with Crippen LogP contribution in [-0.4, -0.2) is 31.8 Å². The van der Waals surface area contributed by atoms with Crippen molar-refractivity contribution in [3.05, 3.63) is 23.7 Å². The summed E-state index contributed by atoms with van der Waals surface area (Å²) in [5.41, 5.74) is 2.34. The number of allylic oxidation sites excluding steroid dienone is 1. The molecule has 0 atom stereocenters. The monoisotopic (exact) mass is 196 g/mol. The van der Waals surface area contributed by atoms with E-state index in [0.717, 1.165) is 17.7 Å². The Bertz CT molecular complexity index is 230. The fraction of sp³-hybridized carbons (Fsp3) is 0.556. The van der Waals surface area contributed by atoms with Gasteiger partial charge in [-0.2, -0.15) is 11.8 Å². The Hall–Kier alpha value is -0.185. The van der Waals surface area contributed by atoms with E-state index in [1.54, 1.807) is 0 Å². The van der Waals surface area contributed by atoms with Gasteiger partial charge in [0.25, 0.3) is 0 Å². The van der Waals surface area contributed by atoms with Crippen molar-refractivity contribution in [2.45, 2.75) is 6.42 Å². The van der Waals surface area contributed by atoms with E-state index in [1.807, 2.05) is 11.8 Å². The summed E-state index contributed by atoms with van der Waals surface area (Å²) in [7, 11) is -0.0913. The van der Waals surface area contributed by atoms with Gasteiger partial charge in [-0.1, -0.05) is 12.7 Å². The fourth-order valence-corrected chi connectivity index (χ4v) is 2.33. The molecule has 1 saturated heterocycles. The average Bonchev–Trinajstić information content (AvgIpc) is 2.20. The first-order valence-electron chi connectivity index (χ1n) is 4.53. The largest absolute Gasteiger partial charge is 0.489 e. The van der Waals surface area contributed by atoms with Gasteiger partial charge in [0.15, 0.2) is 0 Å². The van der Waals surface area contributed by atoms with Crippen LogP contribution in [0.3, 0.4) is 0 Å². The van der Waals surface area contributed by atoms with Gasteiger partial charge in [-0.25, -0.2) is 0 Å². The highest BCUT2D eigenvalue weighted by Crippen LogP contribution is 2.22. The Labute approximate surface area is 83.5 Å². The smallest absolute Gasteiger partial charge is 0.404 e. The Morgan fingerprint density at radius 3 is 2.77 bits per heavy atom. The molecule has 0 spiro atoms. The molecule has 0 aromatic heterocycles. The highest BCUT2D eigenvalue weighted by atomic mass is 32.2. The van der Waals surface area contributed by atoms with Crippen LogP contribution in [0.4, 0.5) is 0 Å². The Morgan fingerprint density at radius 2 is 2.15 bits per heavy atom. The van der Waals surface area contributed by atoms with Gasteiger partial charge in [0.2, 0.25) is 0 Å². The first kappa shape index (κ1) is 9.37. The van der Waals surface area contributed by atoms with Gasteiger partial charge in [0.1, 0.15) is 0 Å². The molecule has 0 amide bonds. The van der Waals surface area contributed by atoms with Crippen molar-refractivity contribution in [3.63, 3.8) is 0 Å². The summed E-state index contributed by atoms with van der Waals surface area (Å²) in [5, 5.41) is 0. The summed E-state index contributed by atoms with van der Waals surface area (Å²) in [6, 6.07) is 0. The third-order valence-corrected chi connectivity index (χ3v) is 3.07. The molecular weight excluding hydrogens is 183 g/mol. The molecule has 2 rings (SSSR count). The number of rotatable bonds is 1. The van der Waals surface area contributed by atoms with Crippen LogP contribution in [0.2, 0.25) is 0 Å². The lowest BCUT2D eigenvalue weighted by atomic mass is 9.75. The number of hydrogen-bond acceptors (Lipinski definition) is 3. The van der Waals surface area contributed by atoms with Crippen LogP contribution in [-0.2, 0) is 9.31 Å². The van der Waals surface area contributed by atoms with Crippen molar-refractivity contribution >= 4 is 18.9 Å². The predicted octanol–water partition coefficient (Wildman–Crippen LogP) is 1.68. The molecule has 0 aromatic rings. The maximum atomic E-state index is 5.53. The van der Waals surface area contributed by atoms with Gasteiger partial charge in [-0.05, 0) is 23.2 Å². The molecular formula is C9H13BO2S. The van der Waals surface area contributed by atoms with Crippen molar-refractivity contribution in [2.24, 2.45) is 0 Å². The summed E-state index contributed by atoms with van der Waals surface area (Å²) in [6.07, 6.45) is 3.33. The molecule has 4 heteroatoms. The van der Waals surface area contributed by atoms with Crippen molar-refractivity contribution in [2.75, 3.05) is 24.7 Å². The molecule has 0 aromatic carbocycles. The zero-order chi connectivity index (χ0) is 9.10. The van der Waals surface area contributed by atoms with Gasteiger partial charge < -0.3 is 9.31 Å². The van der Waals surface area contributed by atoms with Gasteiger partial charge in [-0.3, -0.25) is 0 Å². The Morgan fingerprint density at radius 1 is 1.38 bits per heavy atom. The molecule has 70 valence electrons. The van der Waals surface area contributed by atoms with E-state index >= 15 is 0 Å². The molecule has 0 aliphatic carbocycles. The second-order valence-corrected chi connectivity index (χ2v) is 4.46. The highest BCUT2D eigenvalue weighted by Gasteiger charge is 2.28. The molecule has 0 N–H and O–H groups in total. The second kappa shape index (κ2) is 4.35. The Balaban J connectivity index is 1.93. The van der Waals surface area contributed by atoms with Gasteiger partial charge >= 0.3 is 7.12 Å². The van der Waals surface area contributed by atoms with E-state index in [4.69, 9.17) is 9.31 Å². The summed E-state index contributed by atoms with van der Waals surface area (Å²) < 4.78 is 11.1. The first-order valence-corrected chi connectivity index (χ1v) is 5.68. The zero-order valence-corrected chi connectivity index (χ0v) is 8.44. The van der Waals surface area contributed by atoms with E-state index in [2.05, 4.69) is 12.7 Å². The van der Waals surface area contributed by atoms with Crippen LogP contribution in [0.5, 0.6) is 0 Å². The van der Waals surface area contributed by atoms with E-state index in [1.165, 1.54) is 11.2 Å². The molecule has 2 nitrogen and oxygen atoms in total. The maximum absolute atomic E-state index is 5.53. The SMILES string of the molecule is C=C1COB(C2=CCSCC2)OC1. The number of thioether (sulfide) groups is 1. The third kappa shape index (κ3) is 2.39. The first-order chi connectivity index (χ1) is 6.36. The normalized spacial score (nSPS) is 24.5. The lowest BCUT2D eigenvalue weighted by Crippen LogP contribution is -2.34. The maximum Gasteiger partial charge on any atom is 0.489 e. The lowest BCUT2D eigenvalue weighted by Gasteiger charge is -2.24. The van der Waals surface area contributed by atoms with E-state index in [-0.39, 0.29) is 7.12 Å². The van der Waals surface area contributed by atoms with Gasteiger partial charge in [-0.15, -0.1) is 0 Å².